The molecule has 0 spiro atoms. The summed E-state index contributed by atoms with van der Waals surface area (Å²) >= 11 is 1.81. The minimum Gasteiger partial charge on any atom is -0.396 e. The third kappa shape index (κ3) is 5.17. The molecule has 7 heteroatoms. The molecule has 2 aliphatic rings. The first kappa shape index (κ1) is 18.6. The van der Waals surface area contributed by atoms with E-state index in [1.54, 1.807) is 11.3 Å². The average Bonchev–Trinajstić information content (AvgIpc) is 3.24. The van der Waals surface area contributed by atoms with Gasteiger partial charge in [0.2, 0.25) is 0 Å². The van der Waals surface area contributed by atoms with Crippen molar-refractivity contribution in [1.29, 1.82) is 0 Å². The maximum absolute atomic E-state index is 9.49. The summed E-state index contributed by atoms with van der Waals surface area (Å²) in [6.45, 7) is 8.19. The van der Waals surface area contributed by atoms with Gasteiger partial charge in [-0.2, -0.15) is 0 Å². The lowest BCUT2D eigenvalue weighted by molar-refractivity contribution is 0.0177. The number of thiophene rings is 1. The highest BCUT2D eigenvalue weighted by atomic mass is 32.1. The van der Waals surface area contributed by atoms with E-state index in [2.05, 4.69) is 40.0 Å². The minimum atomic E-state index is 0.0414. The number of guanidine groups is 1. The molecule has 0 amide bonds. The summed E-state index contributed by atoms with van der Waals surface area (Å²) in [5.41, 5.74) is 0.0414. The second-order valence-electron chi connectivity index (χ2n) is 6.91. The summed E-state index contributed by atoms with van der Waals surface area (Å²) in [7, 11) is 0. The molecule has 0 radical (unpaired) electrons. The molecule has 3 rings (SSSR count). The molecule has 1 aliphatic carbocycles. The van der Waals surface area contributed by atoms with Gasteiger partial charge in [-0.3, -0.25) is 9.89 Å². The Labute approximate surface area is 154 Å². The molecule has 1 saturated heterocycles. The van der Waals surface area contributed by atoms with Crippen LogP contribution >= 0.6 is 11.3 Å². The van der Waals surface area contributed by atoms with Gasteiger partial charge in [0.1, 0.15) is 0 Å². The lowest BCUT2D eigenvalue weighted by Gasteiger charge is -2.34. The molecule has 140 valence electrons. The zero-order valence-corrected chi connectivity index (χ0v) is 15.9. The van der Waals surface area contributed by atoms with E-state index in [-0.39, 0.29) is 12.0 Å². The topological polar surface area (TPSA) is 69.1 Å². The lowest BCUT2D eigenvalue weighted by Crippen LogP contribution is -2.46. The van der Waals surface area contributed by atoms with Crippen molar-refractivity contribution < 1.29 is 9.84 Å². The molecule has 1 atom stereocenters. The number of morpholine rings is 1. The van der Waals surface area contributed by atoms with E-state index in [1.807, 2.05) is 0 Å². The first-order valence-electron chi connectivity index (χ1n) is 9.24. The summed E-state index contributed by atoms with van der Waals surface area (Å²) in [6, 6.07) is 4.66. The van der Waals surface area contributed by atoms with Crippen LogP contribution in [0.2, 0.25) is 0 Å². The number of aliphatic hydroxyl groups excluding tert-OH is 1. The number of ether oxygens (including phenoxy) is 1. The molecule has 1 aliphatic heterocycles. The molecule has 6 nitrogen and oxygen atoms in total. The fraction of sp³-hybridized carbons (Fsp3) is 0.722. The maximum atomic E-state index is 9.49. The van der Waals surface area contributed by atoms with Gasteiger partial charge in [0.05, 0.1) is 32.4 Å². The van der Waals surface area contributed by atoms with Gasteiger partial charge in [-0.1, -0.05) is 6.07 Å². The number of nitrogens with one attached hydrogen (secondary N) is 2. The lowest BCUT2D eigenvalue weighted by atomic mass is 10.1. The van der Waals surface area contributed by atoms with Crippen molar-refractivity contribution in [3.63, 3.8) is 0 Å². The Hall–Kier alpha value is -1.15. The van der Waals surface area contributed by atoms with Crippen LogP contribution in [0.3, 0.4) is 0 Å². The van der Waals surface area contributed by atoms with Gasteiger partial charge < -0.3 is 20.5 Å². The second kappa shape index (κ2) is 8.98. The van der Waals surface area contributed by atoms with Crippen LogP contribution < -0.4 is 10.6 Å². The van der Waals surface area contributed by atoms with Crippen molar-refractivity contribution in [2.45, 2.75) is 25.8 Å². The highest BCUT2D eigenvalue weighted by Gasteiger charge is 2.41. The molecule has 1 saturated carbocycles. The van der Waals surface area contributed by atoms with Crippen molar-refractivity contribution in [2.75, 3.05) is 52.5 Å². The number of aliphatic imine (C=N–C) groups is 1. The molecular weight excluding hydrogens is 336 g/mol. The largest absolute Gasteiger partial charge is 0.396 e. The molecule has 0 aromatic carbocycles. The van der Waals surface area contributed by atoms with Gasteiger partial charge in [0.15, 0.2) is 5.96 Å². The maximum Gasteiger partial charge on any atom is 0.191 e. The zero-order chi connectivity index (χ0) is 17.5. The Morgan fingerprint density at radius 2 is 2.20 bits per heavy atom. The van der Waals surface area contributed by atoms with Crippen LogP contribution in [0.4, 0.5) is 0 Å². The van der Waals surface area contributed by atoms with Gasteiger partial charge >= 0.3 is 0 Å². The van der Waals surface area contributed by atoms with Crippen LogP contribution in [0.1, 0.15) is 30.7 Å². The molecule has 1 aromatic rings. The highest BCUT2D eigenvalue weighted by Crippen LogP contribution is 2.45. The number of hydrogen-bond donors (Lipinski definition) is 3. The fourth-order valence-corrected chi connectivity index (χ4v) is 3.97. The Kier molecular flexibility index (Phi) is 6.70. The van der Waals surface area contributed by atoms with Gasteiger partial charge in [0, 0.05) is 36.5 Å². The van der Waals surface area contributed by atoms with Crippen molar-refractivity contribution in [2.24, 2.45) is 10.4 Å². The SMILES string of the molecule is CCNC(=NCC1(CO)CC1)NCC(c1cccs1)N1CCOCC1. The van der Waals surface area contributed by atoms with E-state index in [0.717, 1.165) is 58.2 Å². The Balaban J connectivity index is 1.62. The van der Waals surface area contributed by atoms with E-state index in [1.165, 1.54) is 4.88 Å². The van der Waals surface area contributed by atoms with Crippen LogP contribution in [-0.2, 0) is 4.74 Å². The Morgan fingerprint density at radius 3 is 2.80 bits per heavy atom. The van der Waals surface area contributed by atoms with Crippen LogP contribution in [0, 0.1) is 5.41 Å². The van der Waals surface area contributed by atoms with Crippen molar-refractivity contribution in [1.82, 2.24) is 15.5 Å². The van der Waals surface area contributed by atoms with Crippen LogP contribution in [0.25, 0.3) is 0 Å². The molecule has 2 heterocycles. The first-order chi connectivity index (χ1) is 12.3. The van der Waals surface area contributed by atoms with Crippen LogP contribution in [0.5, 0.6) is 0 Å². The third-order valence-corrected chi connectivity index (χ3v) is 6.00. The number of nitrogens with zero attached hydrogens (tertiary/aromatic N) is 2. The fourth-order valence-electron chi connectivity index (χ4n) is 3.10. The van der Waals surface area contributed by atoms with Gasteiger partial charge in [-0.25, -0.2) is 0 Å². The number of rotatable bonds is 8. The monoisotopic (exact) mass is 366 g/mol. The smallest absolute Gasteiger partial charge is 0.191 e. The summed E-state index contributed by atoms with van der Waals surface area (Å²) in [5.74, 6) is 0.844. The minimum absolute atomic E-state index is 0.0414. The van der Waals surface area contributed by atoms with Crippen molar-refractivity contribution >= 4 is 17.3 Å². The Morgan fingerprint density at radius 1 is 1.40 bits per heavy atom. The molecule has 25 heavy (non-hydrogen) atoms. The summed E-state index contributed by atoms with van der Waals surface area (Å²) < 4.78 is 5.51. The molecule has 1 aromatic heterocycles. The average molecular weight is 367 g/mol. The Bertz CT molecular complexity index is 539. The molecule has 0 bridgehead atoms. The molecule has 3 N–H and O–H groups in total. The first-order valence-corrected chi connectivity index (χ1v) is 10.1. The van der Waals surface area contributed by atoms with Gasteiger partial charge in [-0.05, 0) is 31.2 Å². The molecule has 2 fully saturated rings. The predicted octanol–water partition coefficient (Wildman–Crippen LogP) is 1.45. The standard InChI is InChI=1S/C18H30N4O2S/c1-2-19-17(21-13-18(14-23)5-6-18)20-12-15(16-4-3-11-25-16)22-7-9-24-10-8-22/h3-4,11,15,23H,2,5-10,12-14H2,1H3,(H2,19,20,21). The van der Waals surface area contributed by atoms with E-state index in [4.69, 9.17) is 9.73 Å². The normalized spacial score (nSPS) is 21.8. The van der Waals surface area contributed by atoms with Crippen molar-refractivity contribution in [3.8, 4) is 0 Å². The third-order valence-electron chi connectivity index (χ3n) is 5.03. The summed E-state index contributed by atoms with van der Waals surface area (Å²) in [5, 5.41) is 18.5. The van der Waals surface area contributed by atoms with E-state index >= 15 is 0 Å². The summed E-state index contributed by atoms with van der Waals surface area (Å²) in [4.78, 5) is 8.57. The second-order valence-corrected chi connectivity index (χ2v) is 7.89. The predicted molar refractivity (Wildman–Crippen MR) is 102 cm³/mol. The highest BCUT2D eigenvalue weighted by molar-refractivity contribution is 7.10. The molecule has 1 unspecified atom stereocenters. The molecular formula is C18H30N4O2S. The number of hydrogen-bond acceptors (Lipinski definition) is 5. The summed E-state index contributed by atoms with van der Waals surface area (Å²) in [6.07, 6.45) is 2.16. The van der Waals surface area contributed by atoms with Gasteiger partial charge in [-0.15, -0.1) is 11.3 Å². The zero-order valence-electron chi connectivity index (χ0n) is 15.0. The number of aliphatic hydroxyl groups is 1. The quantitative estimate of drug-likeness (QED) is 0.480. The van der Waals surface area contributed by atoms with Gasteiger partial charge in [0.25, 0.3) is 0 Å². The van der Waals surface area contributed by atoms with E-state index in [9.17, 15) is 5.11 Å². The van der Waals surface area contributed by atoms with Crippen molar-refractivity contribution in [3.05, 3.63) is 22.4 Å². The van der Waals surface area contributed by atoms with Crippen LogP contribution in [0.15, 0.2) is 22.5 Å². The van der Waals surface area contributed by atoms with E-state index < -0.39 is 0 Å². The van der Waals surface area contributed by atoms with E-state index in [0.29, 0.717) is 12.6 Å². The van der Waals surface area contributed by atoms with Crippen LogP contribution in [-0.4, -0.2) is 68.5 Å².